The molecule has 6 nitrogen and oxygen atoms in total. The van der Waals surface area contributed by atoms with Gasteiger partial charge in [-0.1, -0.05) is 6.08 Å². The van der Waals surface area contributed by atoms with Gasteiger partial charge in [-0.2, -0.15) is 0 Å². The van der Waals surface area contributed by atoms with Crippen molar-refractivity contribution in [3.8, 4) is 0 Å². The number of allylic oxidation sites excluding steroid dienone is 1. The van der Waals surface area contributed by atoms with Crippen molar-refractivity contribution in [1.82, 2.24) is 9.97 Å². The normalized spacial score (nSPS) is 9.54. The molecule has 0 radical (unpaired) electrons. The molecule has 0 aromatic carbocycles. The Kier molecular flexibility index (Phi) is 2.53. The Hall–Kier alpha value is -1.98. The Morgan fingerprint density at radius 3 is 2.85 bits per heavy atom. The molecular weight excluding hydrogens is 174 g/mol. The molecule has 6 heteroatoms. The molecule has 0 amide bonds. The van der Waals surface area contributed by atoms with E-state index in [4.69, 9.17) is 0 Å². The van der Waals surface area contributed by atoms with Crippen LogP contribution < -0.4 is 0 Å². The second-order valence-corrected chi connectivity index (χ2v) is 2.29. The van der Waals surface area contributed by atoms with Crippen molar-refractivity contribution in [2.24, 2.45) is 0 Å². The lowest BCUT2D eigenvalue weighted by atomic mass is 10.3. The fourth-order valence-electron chi connectivity index (χ4n) is 0.906. The molecule has 1 N–H and O–H groups in total. The summed E-state index contributed by atoms with van der Waals surface area (Å²) in [5, 5.41) is 10.4. The number of carbonyl (C=O) groups is 1. The molecule has 0 aliphatic heterocycles. The monoisotopic (exact) mass is 181 g/mol. The highest BCUT2D eigenvalue weighted by molar-refractivity contribution is 5.70. The average molecular weight is 181 g/mol. The molecule has 1 heterocycles. The highest BCUT2D eigenvalue weighted by atomic mass is 16.6. The van der Waals surface area contributed by atoms with E-state index >= 15 is 0 Å². The summed E-state index contributed by atoms with van der Waals surface area (Å²) in [6.07, 6.45) is 2.18. The number of hydrogen-bond donors (Lipinski definition) is 1. The first-order chi connectivity index (χ1) is 6.19. The van der Waals surface area contributed by atoms with Gasteiger partial charge in [0.15, 0.2) is 0 Å². The topological polar surface area (TPSA) is 88.9 Å². The molecule has 0 aliphatic rings. The zero-order chi connectivity index (χ0) is 9.84. The zero-order valence-electron chi connectivity index (χ0n) is 6.69. The number of H-pyrrole nitrogens is 1. The van der Waals surface area contributed by atoms with Gasteiger partial charge in [-0.25, -0.2) is 9.97 Å². The van der Waals surface area contributed by atoms with Crippen molar-refractivity contribution in [1.29, 1.82) is 0 Å². The number of nitrogens with zero attached hydrogens (tertiary/aromatic N) is 2. The van der Waals surface area contributed by atoms with E-state index in [2.05, 4.69) is 16.5 Å². The minimum Gasteiger partial charge on any atom is -0.358 e. The van der Waals surface area contributed by atoms with E-state index in [0.717, 1.165) is 0 Å². The third kappa shape index (κ3) is 1.78. The molecule has 68 valence electrons. The van der Waals surface area contributed by atoms with Gasteiger partial charge in [-0.3, -0.25) is 4.79 Å². The maximum absolute atomic E-state index is 10.4. The van der Waals surface area contributed by atoms with E-state index < -0.39 is 4.92 Å². The fraction of sp³-hybridized carbons (Fsp3) is 0.143. The lowest BCUT2D eigenvalue weighted by Crippen LogP contribution is -1.92. The van der Waals surface area contributed by atoms with Gasteiger partial charge < -0.3 is 10.1 Å². The molecule has 0 fully saturated rings. The number of aldehydes is 1. The smallest absolute Gasteiger partial charge is 0.344 e. The number of imidazole rings is 1. The van der Waals surface area contributed by atoms with Gasteiger partial charge in [0.05, 0.1) is 0 Å². The maximum atomic E-state index is 10.4. The van der Waals surface area contributed by atoms with Crippen LogP contribution in [0, 0.1) is 10.1 Å². The number of nitro groups is 1. The predicted octanol–water partition coefficient (Wildman–Crippen LogP) is 0.859. The molecule has 13 heavy (non-hydrogen) atoms. The van der Waals surface area contributed by atoms with Gasteiger partial charge in [0, 0.05) is 6.42 Å². The summed E-state index contributed by atoms with van der Waals surface area (Å²) in [5.74, 6) is -0.287. The quantitative estimate of drug-likeness (QED) is 0.323. The first-order valence-corrected chi connectivity index (χ1v) is 3.48. The summed E-state index contributed by atoms with van der Waals surface area (Å²) in [6, 6.07) is 0. The summed E-state index contributed by atoms with van der Waals surface area (Å²) in [4.78, 5) is 26.0. The van der Waals surface area contributed by atoms with Crippen LogP contribution in [0.25, 0.3) is 0 Å². The largest absolute Gasteiger partial charge is 0.358 e. The first-order valence-electron chi connectivity index (χ1n) is 3.48. The van der Waals surface area contributed by atoms with Crippen molar-refractivity contribution in [2.75, 3.05) is 0 Å². The van der Waals surface area contributed by atoms with Gasteiger partial charge in [0.1, 0.15) is 5.69 Å². The summed E-state index contributed by atoms with van der Waals surface area (Å²) < 4.78 is 0. The highest BCUT2D eigenvalue weighted by Crippen LogP contribution is 2.14. The van der Waals surface area contributed by atoms with Crippen molar-refractivity contribution in [3.05, 3.63) is 34.3 Å². The van der Waals surface area contributed by atoms with Crippen LogP contribution in [-0.2, 0) is 6.42 Å². The molecule has 0 aliphatic carbocycles. The molecule has 0 saturated carbocycles. The van der Waals surface area contributed by atoms with Gasteiger partial charge in [0.2, 0.25) is 6.29 Å². The van der Waals surface area contributed by atoms with E-state index in [1.807, 2.05) is 0 Å². The van der Waals surface area contributed by atoms with Crippen LogP contribution in [0.1, 0.15) is 16.3 Å². The van der Waals surface area contributed by atoms with Crippen molar-refractivity contribution in [2.45, 2.75) is 6.42 Å². The molecular formula is C7H7N3O3. The van der Waals surface area contributed by atoms with Gasteiger partial charge in [-0.15, -0.1) is 6.58 Å². The Morgan fingerprint density at radius 1 is 1.69 bits per heavy atom. The molecule has 1 aromatic rings. The predicted molar refractivity (Wildman–Crippen MR) is 44.5 cm³/mol. The van der Waals surface area contributed by atoms with Crippen LogP contribution in [-0.4, -0.2) is 21.2 Å². The van der Waals surface area contributed by atoms with E-state index in [1.54, 1.807) is 0 Å². The van der Waals surface area contributed by atoms with E-state index in [0.29, 0.717) is 6.29 Å². The van der Waals surface area contributed by atoms with Crippen LogP contribution in [0.5, 0.6) is 0 Å². The van der Waals surface area contributed by atoms with Crippen molar-refractivity contribution in [3.63, 3.8) is 0 Å². The van der Waals surface area contributed by atoms with E-state index in [-0.39, 0.29) is 23.8 Å². The van der Waals surface area contributed by atoms with E-state index in [9.17, 15) is 14.9 Å². The second-order valence-electron chi connectivity index (χ2n) is 2.29. The van der Waals surface area contributed by atoms with Crippen molar-refractivity contribution < 1.29 is 9.72 Å². The Bertz CT molecular complexity index is 356. The summed E-state index contributed by atoms with van der Waals surface area (Å²) >= 11 is 0. The second kappa shape index (κ2) is 3.61. The number of aromatic amines is 1. The number of aromatic nitrogens is 2. The molecule has 1 rings (SSSR count). The number of carbonyl (C=O) groups excluding carboxylic acids is 1. The number of hydrogen-bond acceptors (Lipinski definition) is 4. The average Bonchev–Trinajstić information content (AvgIpc) is 2.48. The van der Waals surface area contributed by atoms with Crippen molar-refractivity contribution >= 4 is 12.1 Å². The summed E-state index contributed by atoms with van der Waals surface area (Å²) in [5.41, 5.74) is 0.224. The molecule has 0 saturated heterocycles. The van der Waals surface area contributed by atoms with E-state index in [1.165, 1.54) is 6.08 Å². The highest BCUT2D eigenvalue weighted by Gasteiger charge is 2.17. The lowest BCUT2D eigenvalue weighted by Gasteiger charge is -1.91. The third-order valence-electron chi connectivity index (χ3n) is 1.41. The van der Waals surface area contributed by atoms with Gasteiger partial charge in [-0.05, 0) is 4.92 Å². The summed E-state index contributed by atoms with van der Waals surface area (Å²) in [7, 11) is 0. The molecule has 0 bridgehead atoms. The molecule has 0 spiro atoms. The molecule has 1 aromatic heterocycles. The number of rotatable bonds is 4. The molecule has 0 atom stereocenters. The zero-order valence-corrected chi connectivity index (χ0v) is 6.69. The Labute approximate surface area is 73.4 Å². The Balaban J connectivity index is 3.13. The van der Waals surface area contributed by atoms with Crippen LogP contribution in [0.4, 0.5) is 5.82 Å². The first kappa shape index (κ1) is 9.11. The molecule has 0 unspecified atom stereocenters. The van der Waals surface area contributed by atoms with Gasteiger partial charge >= 0.3 is 5.82 Å². The SMILES string of the molecule is C=CCc1nc(C=O)[nH]c1[N+](=O)[O-]. The minimum atomic E-state index is -0.612. The Morgan fingerprint density at radius 2 is 2.38 bits per heavy atom. The minimum absolute atomic E-state index is 0.0384. The fourth-order valence-corrected chi connectivity index (χ4v) is 0.906. The van der Waals surface area contributed by atoms with Crippen LogP contribution in [0.15, 0.2) is 12.7 Å². The lowest BCUT2D eigenvalue weighted by molar-refractivity contribution is -0.390. The third-order valence-corrected chi connectivity index (χ3v) is 1.41. The standard InChI is InChI=1S/C7H7N3O3/c1-2-3-5-7(10(12)13)9-6(4-11)8-5/h2,4H,1,3H2,(H,8,9). The maximum Gasteiger partial charge on any atom is 0.344 e. The van der Waals surface area contributed by atoms with Crippen LogP contribution in [0.2, 0.25) is 0 Å². The summed E-state index contributed by atoms with van der Waals surface area (Å²) in [6.45, 7) is 3.43. The van der Waals surface area contributed by atoms with Gasteiger partial charge in [0.25, 0.3) is 5.82 Å². The number of nitrogens with one attached hydrogen (secondary N) is 1. The van der Waals surface area contributed by atoms with Crippen LogP contribution in [0.3, 0.4) is 0 Å². The van der Waals surface area contributed by atoms with Crippen LogP contribution >= 0.6 is 0 Å².